The lowest BCUT2D eigenvalue weighted by molar-refractivity contribution is 0.533. The van der Waals surface area contributed by atoms with Crippen molar-refractivity contribution in [2.75, 3.05) is 0 Å². The van der Waals surface area contributed by atoms with Gasteiger partial charge in [0.25, 0.3) is 0 Å². The van der Waals surface area contributed by atoms with Gasteiger partial charge in [0.05, 0.1) is 17.4 Å². The van der Waals surface area contributed by atoms with Crippen LogP contribution in [0, 0.1) is 12.7 Å². The SMILES string of the molecule is Cc1ccc(-n2cc(C(C)(C)N)nn2)cc1F. The van der Waals surface area contributed by atoms with Crippen LogP contribution in [0.3, 0.4) is 0 Å². The van der Waals surface area contributed by atoms with Crippen LogP contribution in [0.1, 0.15) is 25.1 Å². The topological polar surface area (TPSA) is 56.7 Å². The van der Waals surface area contributed by atoms with Gasteiger partial charge < -0.3 is 5.73 Å². The van der Waals surface area contributed by atoms with Crippen molar-refractivity contribution in [3.8, 4) is 5.69 Å². The number of aryl methyl sites for hydroxylation is 1. The molecular formula is C12H15FN4. The Morgan fingerprint density at radius 2 is 2.06 bits per heavy atom. The van der Waals surface area contributed by atoms with Crippen LogP contribution in [-0.4, -0.2) is 15.0 Å². The molecule has 2 aromatic rings. The molecular weight excluding hydrogens is 219 g/mol. The molecule has 0 amide bonds. The van der Waals surface area contributed by atoms with E-state index in [9.17, 15) is 4.39 Å². The smallest absolute Gasteiger partial charge is 0.128 e. The Balaban J connectivity index is 2.40. The molecule has 2 rings (SSSR count). The van der Waals surface area contributed by atoms with Crippen LogP contribution in [0.25, 0.3) is 5.69 Å². The van der Waals surface area contributed by atoms with E-state index < -0.39 is 5.54 Å². The molecule has 1 aromatic carbocycles. The van der Waals surface area contributed by atoms with Gasteiger partial charge in [0.1, 0.15) is 11.5 Å². The summed E-state index contributed by atoms with van der Waals surface area (Å²) in [6, 6.07) is 4.93. The van der Waals surface area contributed by atoms with E-state index in [2.05, 4.69) is 10.3 Å². The van der Waals surface area contributed by atoms with Crippen LogP contribution in [0.15, 0.2) is 24.4 Å². The monoisotopic (exact) mass is 234 g/mol. The fourth-order valence-electron chi connectivity index (χ4n) is 1.41. The molecule has 2 N–H and O–H groups in total. The summed E-state index contributed by atoms with van der Waals surface area (Å²) >= 11 is 0. The van der Waals surface area contributed by atoms with E-state index in [1.54, 1.807) is 25.3 Å². The van der Waals surface area contributed by atoms with Gasteiger partial charge in [-0.05, 0) is 38.5 Å². The third-order valence-corrected chi connectivity index (χ3v) is 2.57. The van der Waals surface area contributed by atoms with Crippen molar-refractivity contribution in [1.82, 2.24) is 15.0 Å². The van der Waals surface area contributed by atoms with Crippen molar-refractivity contribution >= 4 is 0 Å². The van der Waals surface area contributed by atoms with E-state index in [4.69, 9.17) is 5.73 Å². The predicted octanol–water partition coefficient (Wildman–Crippen LogP) is 1.91. The molecule has 90 valence electrons. The van der Waals surface area contributed by atoms with Crippen LogP contribution < -0.4 is 5.73 Å². The lowest BCUT2D eigenvalue weighted by Gasteiger charge is -2.13. The molecule has 0 aliphatic heterocycles. The van der Waals surface area contributed by atoms with Gasteiger partial charge in [-0.25, -0.2) is 9.07 Å². The molecule has 0 spiro atoms. The molecule has 0 fully saturated rings. The average Bonchev–Trinajstić information content (AvgIpc) is 2.70. The Labute approximate surface area is 99.2 Å². The van der Waals surface area contributed by atoms with Crippen molar-refractivity contribution in [1.29, 1.82) is 0 Å². The summed E-state index contributed by atoms with van der Waals surface area (Å²) in [6.45, 7) is 5.41. The Kier molecular flexibility index (Phi) is 2.71. The summed E-state index contributed by atoms with van der Waals surface area (Å²) in [5.41, 5.74) is 7.26. The van der Waals surface area contributed by atoms with Crippen molar-refractivity contribution < 1.29 is 4.39 Å². The second-order valence-electron chi connectivity index (χ2n) is 4.70. The lowest BCUT2D eigenvalue weighted by atomic mass is 10.0. The second kappa shape index (κ2) is 3.92. The maximum absolute atomic E-state index is 13.4. The van der Waals surface area contributed by atoms with E-state index in [0.29, 0.717) is 16.9 Å². The molecule has 17 heavy (non-hydrogen) atoms. The Morgan fingerprint density at radius 1 is 1.35 bits per heavy atom. The Hall–Kier alpha value is -1.75. The quantitative estimate of drug-likeness (QED) is 0.863. The average molecular weight is 234 g/mol. The van der Waals surface area contributed by atoms with Crippen molar-refractivity contribution in [2.24, 2.45) is 5.73 Å². The largest absolute Gasteiger partial charge is 0.320 e. The number of nitrogens with two attached hydrogens (primary N) is 1. The highest BCUT2D eigenvalue weighted by Gasteiger charge is 2.18. The van der Waals surface area contributed by atoms with Crippen LogP contribution in [0.2, 0.25) is 0 Å². The van der Waals surface area contributed by atoms with Gasteiger partial charge in [-0.2, -0.15) is 0 Å². The highest BCUT2D eigenvalue weighted by molar-refractivity contribution is 5.34. The molecule has 1 heterocycles. The molecule has 5 heteroatoms. The first-order valence-electron chi connectivity index (χ1n) is 5.36. The zero-order chi connectivity index (χ0) is 12.6. The summed E-state index contributed by atoms with van der Waals surface area (Å²) in [5, 5.41) is 7.93. The van der Waals surface area contributed by atoms with Gasteiger partial charge in [-0.15, -0.1) is 5.10 Å². The fourth-order valence-corrected chi connectivity index (χ4v) is 1.41. The second-order valence-corrected chi connectivity index (χ2v) is 4.70. The minimum absolute atomic E-state index is 0.258. The molecule has 0 unspecified atom stereocenters. The zero-order valence-corrected chi connectivity index (χ0v) is 10.1. The maximum atomic E-state index is 13.4. The van der Waals surface area contributed by atoms with Gasteiger partial charge in [-0.3, -0.25) is 0 Å². The molecule has 0 atom stereocenters. The van der Waals surface area contributed by atoms with Crippen molar-refractivity contribution in [3.63, 3.8) is 0 Å². The predicted molar refractivity (Wildman–Crippen MR) is 63.3 cm³/mol. The van der Waals surface area contributed by atoms with Gasteiger partial charge >= 0.3 is 0 Å². The third-order valence-electron chi connectivity index (χ3n) is 2.57. The first-order chi connectivity index (χ1) is 7.88. The summed E-state index contributed by atoms with van der Waals surface area (Å²) in [7, 11) is 0. The highest BCUT2D eigenvalue weighted by Crippen LogP contribution is 2.16. The number of nitrogens with zero attached hydrogens (tertiary/aromatic N) is 3. The number of rotatable bonds is 2. The van der Waals surface area contributed by atoms with E-state index in [1.165, 1.54) is 10.7 Å². The minimum Gasteiger partial charge on any atom is -0.320 e. The number of hydrogen-bond donors (Lipinski definition) is 1. The maximum Gasteiger partial charge on any atom is 0.128 e. The van der Waals surface area contributed by atoms with Gasteiger partial charge in [-0.1, -0.05) is 11.3 Å². The van der Waals surface area contributed by atoms with Gasteiger partial charge in [0, 0.05) is 0 Å². The molecule has 4 nitrogen and oxygen atoms in total. The van der Waals surface area contributed by atoms with E-state index >= 15 is 0 Å². The molecule has 0 aliphatic carbocycles. The van der Waals surface area contributed by atoms with Crippen LogP contribution in [-0.2, 0) is 5.54 Å². The van der Waals surface area contributed by atoms with Crippen LogP contribution in [0.4, 0.5) is 4.39 Å². The first kappa shape index (κ1) is 11.7. The minimum atomic E-state index is -0.554. The van der Waals surface area contributed by atoms with Crippen molar-refractivity contribution in [3.05, 3.63) is 41.5 Å². The van der Waals surface area contributed by atoms with Gasteiger partial charge in [0.15, 0.2) is 0 Å². The summed E-state index contributed by atoms with van der Waals surface area (Å²) in [6.07, 6.45) is 1.71. The van der Waals surface area contributed by atoms with E-state index in [1.807, 2.05) is 13.8 Å². The molecule has 0 bridgehead atoms. The third kappa shape index (κ3) is 2.34. The number of aromatic nitrogens is 3. The highest BCUT2D eigenvalue weighted by atomic mass is 19.1. The molecule has 0 saturated heterocycles. The molecule has 0 radical (unpaired) electrons. The van der Waals surface area contributed by atoms with E-state index in [-0.39, 0.29) is 5.82 Å². The van der Waals surface area contributed by atoms with Gasteiger partial charge in [0.2, 0.25) is 0 Å². The van der Waals surface area contributed by atoms with Crippen molar-refractivity contribution in [2.45, 2.75) is 26.3 Å². The fraction of sp³-hybridized carbons (Fsp3) is 0.333. The first-order valence-corrected chi connectivity index (χ1v) is 5.36. The van der Waals surface area contributed by atoms with E-state index in [0.717, 1.165) is 0 Å². The molecule has 1 aromatic heterocycles. The van der Waals surface area contributed by atoms with Crippen LogP contribution in [0.5, 0.6) is 0 Å². The summed E-state index contributed by atoms with van der Waals surface area (Å²) in [4.78, 5) is 0. The Morgan fingerprint density at radius 3 is 2.59 bits per heavy atom. The lowest BCUT2D eigenvalue weighted by Crippen LogP contribution is -2.29. The number of benzene rings is 1. The Bertz CT molecular complexity index is 540. The van der Waals surface area contributed by atoms with Crippen LogP contribution >= 0.6 is 0 Å². The number of halogens is 1. The number of hydrogen-bond acceptors (Lipinski definition) is 3. The summed E-state index contributed by atoms with van der Waals surface area (Å²) in [5.74, 6) is -0.258. The standard InChI is InChI=1S/C12H15FN4/c1-8-4-5-9(6-10(8)13)17-7-11(15-16-17)12(2,3)14/h4-7H,14H2,1-3H3. The normalized spacial score (nSPS) is 11.8. The molecule has 0 saturated carbocycles. The molecule has 0 aliphatic rings. The summed E-state index contributed by atoms with van der Waals surface area (Å²) < 4.78 is 14.9. The zero-order valence-electron chi connectivity index (χ0n) is 10.1.